The number of para-hydroxylation sites is 1. The number of ketones is 1. The van der Waals surface area contributed by atoms with Crippen LogP contribution >= 0.6 is 0 Å². The average Bonchev–Trinajstić information content (AvgIpc) is 3.31. The predicted octanol–water partition coefficient (Wildman–Crippen LogP) is 2.55. The number of benzene rings is 1. The molecule has 1 heterocycles. The number of carbonyl (C=O) groups excluding carboxylic acids is 4. The second kappa shape index (κ2) is 8.54. The number of hydrogen-bond donors (Lipinski definition) is 1. The van der Waals surface area contributed by atoms with E-state index >= 15 is 0 Å². The number of nitrogens with zero attached hydrogens (tertiary/aromatic N) is 1. The quantitative estimate of drug-likeness (QED) is 0.599. The molecule has 150 valence electrons. The van der Waals surface area contributed by atoms with Crippen molar-refractivity contribution in [3.05, 3.63) is 29.8 Å². The lowest BCUT2D eigenvalue weighted by Gasteiger charge is -2.24. The number of amides is 2. The fourth-order valence-electron chi connectivity index (χ4n) is 3.92. The van der Waals surface area contributed by atoms with Crippen LogP contribution in [0.1, 0.15) is 56.3 Å². The molecule has 7 heteroatoms. The molecule has 3 rings (SSSR count). The average molecular weight is 386 g/mol. The largest absolute Gasteiger partial charge is 0.452 e. The second-order valence-electron chi connectivity index (χ2n) is 7.56. The summed E-state index contributed by atoms with van der Waals surface area (Å²) in [4.78, 5) is 50.6. The highest BCUT2D eigenvalue weighted by atomic mass is 16.5. The van der Waals surface area contributed by atoms with Gasteiger partial charge in [0.2, 0.25) is 5.91 Å². The van der Waals surface area contributed by atoms with Crippen LogP contribution in [0.25, 0.3) is 0 Å². The number of nitrogens with one attached hydrogen (secondary N) is 1. The van der Waals surface area contributed by atoms with Gasteiger partial charge in [-0.25, -0.2) is 0 Å². The maximum atomic E-state index is 12.5. The van der Waals surface area contributed by atoms with Crippen molar-refractivity contribution >= 4 is 29.3 Å². The molecule has 2 atom stereocenters. The number of ether oxygens (including phenoxy) is 1. The Morgan fingerprint density at radius 2 is 1.86 bits per heavy atom. The zero-order valence-corrected chi connectivity index (χ0v) is 16.3. The van der Waals surface area contributed by atoms with Crippen LogP contribution in [0.2, 0.25) is 0 Å². The number of rotatable bonds is 6. The van der Waals surface area contributed by atoms with E-state index in [1.54, 1.807) is 29.2 Å². The van der Waals surface area contributed by atoms with Crippen molar-refractivity contribution in [2.75, 3.05) is 11.9 Å². The molecule has 2 aliphatic rings. The molecular formula is C21H26N2O5. The van der Waals surface area contributed by atoms with E-state index in [1.165, 1.54) is 13.8 Å². The Morgan fingerprint density at radius 1 is 1.18 bits per heavy atom. The van der Waals surface area contributed by atoms with Gasteiger partial charge in [0.25, 0.3) is 5.91 Å². The molecule has 28 heavy (non-hydrogen) atoms. The van der Waals surface area contributed by atoms with Crippen LogP contribution in [0, 0.1) is 5.92 Å². The maximum Gasteiger partial charge on any atom is 0.312 e. The molecule has 0 unspecified atom stereocenters. The van der Waals surface area contributed by atoms with Crippen LogP contribution in [0.15, 0.2) is 24.3 Å². The smallest absolute Gasteiger partial charge is 0.312 e. The van der Waals surface area contributed by atoms with Crippen molar-refractivity contribution in [2.45, 2.75) is 58.1 Å². The molecule has 1 saturated carbocycles. The first-order valence-corrected chi connectivity index (χ1v) is 9.77. The van der Waals surface area contributed by atoms with E-state index in [0.29, 0.717) is 17.8 Å². The molecule has 0 spiro atoms. The van der Waals surface area contributed by atoms with Gasteiger partial charge in [-0.3, -0.25) is 19.2 Å². The highest BCUT2D eigenvalue weighted by molar-refractivity contribution is 6.04. The van der Waals surface area contributed by atoms with Crippen molar-refractivity contribution in [1.82, 2.24) is 4.90 Å². The molecule has 7 nitrogen and oxygen atoms in total. The Kier molecular flexibility index (Phi) is 6.11. The highest BCUT2D eigenvalue weighted by Gasteiger charge is 2.40. The Hall–Kier alpha value is -2.70. The van der Waals surface area contributed by atoms with Crippen molar-refractivity contribution in [3.8, 4) is 0 Å². The molecule has 2 amide bonds. The maximum absolute atomic E-state index is 12.5. The number of esters is 1. The summed E-state index contributed by atoms with van der Waals surface area (Å²) in [7, 11) is 0. The molecule has 0 aromatic heterocycles. The summed E-state index contributed by atoms with van der Waals surface area (Å²) in [6.07, 6.45) is 3.31. The van der Waals surface area contributed by atoms with Crippen LogP contribution in [-0.2, 0) is 19.1 Å². The normalized spacial score (nSPS) is 20.9. The fourth-order valence-corrected chi connectivity index (χ4v) is 3.92. The lowest BCUT2D eigenvalue weighted by atomic mass is 10.1. The minimum atomic E-state index is -1.02. The van der Waals surface area contributed by atoms with E-state index in [4.69, 9.17) is 4.74 Å². The van der Waals surface area contributed by atoms with Gasteiger partial charge in [-0.15, -0.1) is 0 Å². The van der Waals surface area contributed by atoms with Gasteiger partial charge < -0.3 is 15.0 Å². The Labute approximate surface area is 164 Å². The van der Waals surface area contributed by atoms with E-state index in [1.807, 2.05) is 0 Å². The summed E-state index contributed by atoms with van der Waals surface area (Å²) in [5.41, 5.74) is 0.773. The molecule has 1 aromatic rings. The topological polar surface area (TPSA) is 92.8 Å². The summed E-state index contributed by atoms with van der Waals surface area (Å²) >= 11 is 0. The fraction of sp³-hybridized carbons (Fsp3) is 0.524. The van der Waals surface area contributed by atoms with Crippen LogP contribution in [0.4, 0.5) is 5.69 Å². The SMILES string of the molecule is CC(=O)c1ccccc1NC(=O)[C@@H](C)OC(=O)[C@H]1CC(=O)N(C2CCCC2)C1. The lowest BCUT2D eigenvalue weighted by Crippen LogP contribution is -2.36. The van der Waals surface area contributed by atoms with Crippen molar-refractivity contribution in [2.24, 2.45) is 5.92 Å². The first kappa shape index (κ1) is 20.0. The third-order valence-corrected chi connectivity index (χ3v) is 5.48. The van der Waals surface area contributed by atoms with Crippen LogP contribution < -0.4 is 5.32 Å². The first-order valence-electron chi connectivity index (χ1n) is 9.77. The van der Waals surface area contributed by atoms with Gasteiger partial charge in [0, 0.05) is 24.6 Å². The first-order chi connectivity index (χ1) is 13.4. The molecule has 1 aliphatic carbocycles. The molecule has 1 N–H and O–H groups in total. The minimum absolute atomic E-state index is 0.0126. The van der Waals surface area contributed by atoms with Gasteiger partial charge in [-0.1, -0.05) is 25.0 Å². The van der Waals surface area contributed by atoms with Crippen molar-refractivity contribution in [1.29, 1.82) is 0 Å². The third kappa shape index (κ3) is 4.40. The van der Waals surface area contributed by atoms with Crippen molar-refractivity contribution < 1.29 is 23.9 Å². The molecule has 0 radical (unpaired) electrons. The summed E-state index contributed by atoms with van der Waals surface area (Å²) in [6.45, 7) is 3.26. The zero-order chi connectivity index (χ0) is 20.3. The summed E-state index contributed by atoms with van der Waals surface area (Å²) < 4.78 is 5.31. The van der Waals surface area contributed by atoms with Gasteiger partial charge in [0.05, 0.1) is 11.6 Å². The van der Waals surface area contributed by atoms with Gasteiger partial charge in [-0.05, 0) is 38.8 Å². The summed E-state index contributed by atoms with van der Waals surface area (Å²) in [6, 6.07) is 6.90. The highest BCUT2D eigenvalue weighted by Crippen LogP contribution is 2.30. The van der Waals surface area contributed by atoms with E-state index in [2.05, 4.69) is 5.32 Å². The van der Waals surface area contributed by atoms with Crippen LogP contribution in [-0.4, -0.2) is 47.2 Å². The van der Waals surface area contributed by atoms with E-state index in [9.17, 15) is 19.2 Å². The number of hydrogen-bond acceptors (Lipinski definition) is 5. The number of Topliss-reactive ketones (excluding diaryl/α,β-unsaturated/α-hetero) is 1. The third-order valence-electron chi connectivity index (χ3n) is 5.48. The Morgan fingerprint density at radius 3 is 2.54 bits per heavy atom. The minimum Gasteiger partial charge on any atom is -0.452 e. The Balaban J connectivity index is 1.56. The molecule has 2 fully saturated rings. The van der Waals surface area contributed by atoms with Crippen LogP contribution in [0.3, 0.4) is 0 Å². The van der Waals surface area contributed by atoms with E-state index in [-0.39, 0.29) is 24.2 Å². The van der Waals surface area contributed by atoms with Gasteiger partial charge in [0.15, 0.2) is 11.9 Å². The Bertz CT molecular complexity index is 785. The lowest BCUT2D eigenvalue weighted by molar-refractivity contribution is -0.157. The molecule has 1 saturated heterocycles. The molecular weight excluding hydrogens is 360 g/mol. The predicted molar refractivity (Wildman–Crippen MR) is 103 cm³/mol. The number of carbonyl (C=O) groups is 4. The second-order valence-corrected chi connectivity index (χ2v) is 7.56. The standard InChI is InChI=1S/C21H26N2O5/c1-13(24)17-9-5-6-10-18(17)22-20(26)14(2)28-21(27)15-11-19(25)23(12-15)16-7-3-4-8-16/h5-6,9-10,14-16H,3-4,7-8,11-12H2,1-2H3,(H,22,26)/t14-,15+/m1/s1. The molecule has 1 aliphatic heterocycles. The number of likely N-dealkylation sites (tertiary alicyclic amines) is 1. The van der Waals surface area contributed by atoms with E-state index < -0.39 is 23.9 Å². The van der Waals surface area contributed by atoms with Gasteiger partial charge in [-0.2, -0.15) is 0 Å². The summed E-state index contributed by atoms with van der Waals surface area (Å²) in [5, 5.41) is 2.64. The van der Waals surface area contributed by atoms with Crippen molar-refractivity contribution in [3.63, 3.8) is 0 Å². The van der Waals surface area contributed by atoms with Gasteiger partial charge in [0.1, 0.15) is 0 Å². The van der Waals surface area contributed by atoms with Gasteiger partial charge >= 0.3 is 5.97 Å². The molecule has 1 aromatic carbocycles. The van der Waals surface area contributed by atoms with Crippen LogP contribution in [0.5, 0.6) is 0 Å². The number of anilines is 1. The summed E-state index contributed by atoms with van der Waals surface area (Å²) in [5.74, 6) is -1.76. The van der Waals surface area contributed by atoms with E-state index in [0.717, 1.165) is 25.7 Å². The zero-order valence-electron chi connectivity index (χ0n) is 16.3. The monoisotopic (exact) mass is 386 g/mol. The molecule has 0 bridgehead atoms.